The Bertz CT molecular complexity index is 965. The maximum Gasteiger partial charge on any atom is 0.416 e. The Balaban J connectivity index is 1.81. The summed E-state index contributed by atoms with van der Waals surface area (Å²) in [5, 5.41) is 20.2. The summed E-state index contributed by atoms with van der Waals surface area (Å²) in [5.41, 5.74) is 0.969. The lowest BCUT2D eigenvalue weighted by molar-refractivity contribution is -0.208. The predicted octanol–water partition coefficient (Wildman–Crippen LogP) is 3.87. The van der Waals surface area contributed by atoms with E-state index in [1.165, 1.54) is 12.1 Å². The van der Waals surface area contributed by atoms with Gasteiger partial charge in [-0.2, -0.15) is 31.1 Å². The normalized spacial score (nSPS) is 13.5. The summed E-state index contributed by atoms with van der Waals surface area (Å²) in [6.07, 6.45) is -11.6. The molecular weight excluding hydrogens is 402 g/mol. The molecule has 0 saturated heterocycles. The zero-order valence-electron chi connectivity index (χ0n) is 14.6. The minimum atomic E-state index is -4.81. The molecule has 154 valence electrons. The van der Waals surface area contributed by atoms with Crippen molar-refractivity contribution in [3.63, 3.8) is 0 Å². The van der Waals surface area contributed by atoms with Crippen LogP contribution in [0.15, 0.2) is 48.5 Å². The van der Waals surface area contributed by atoms with E-state index in [0.717, 1.165) is 12.1 Å². The largest absolute Gasteiger partial charge is 0.416 e. The van der Waals surface area contributed by atoms with Crippen molar-refractivity contribution in [1.82, 2.24) is 20.2 Å². The monoisotopic (exact) mass is 416 g/mol. The van der Waals surface area contributed by atoms with Crippen LogP contribution in [0, 0.1) is 0 Å². The minimum absolute atomic E-state index is 0.0434. The standard InChI is InChI=1S/C18H14F6N4O/c19-17(20,21)13-7-5-11(6-8-13)9-12-3-1-2-4-14(12)16-25-27-28(26-16)10-15(29)18(22,23)24/h1-8,15,29H,9-10H2. The summed E-state index contributed by atoms with van der Waals surface area (Å²) in [5.74, 6) is 0.0434. The van der Waals surface area contributed by atoms with E-state index in [1.807, 2.05) is 0 Å². The van der Waals surface area contributed by atoms with Crippen LogP contribution in [0.2, 0.25) is 0 Å². The van der Waals surface area contributed by atoms with Crippen LogP contribution in [-0.2, 0) is 19.1 Å². The summed E-state index contributed by atoms with van der Waals surface area (Å²) in [6, 6.07) is 11.4. The maximum atomic E-state index is 12.7. The van der Waals surface area contributed by atoms with Gasteiger partial charge in [0.2, 0.25) is 5.82 Å². The van der Waals surface area contributed by atoms with Crippen molar-refractivity contribution in [2.45, 2.75) is 31.4 Å². The van der Waals surface area contributed by atoms with Crippen LogP contribution in [0.5, 0.6) is 0 Å². The van der Waals surface area contributed by atoms with Crippen molar-refractivity contribution in [3.05, 3.63) is 65.2 Å². The van der Waals surface area contributed by atoms with E-state index in [-0.39, 0.29) is 12.2 Å². The Hall–Kier alpha value is -2.95. The number of hydrogen-bond donors (Lipinski definition) is 1. The minimum Gasteiger partial charge on any atom is -0.382 e. The summed E-state index contributed by atoms with van der Waals surface area (Å²) in [6.45, 7) is -0.905. The van der Waals surface area contributed by atoms with Gasteiger partial charge < -0.3 is 5.11 Å². The number of benzene rings is 2. The Kier molecular flexibility index (Phi) is 5.60. The molecule has 29 heavy (non-hydrogen) atoms. The van der Waals surface area contributed by atoms with E-state index in [0.29, 0.717) is 21.5 Å². The number of alkyl halides is 6. The highest BCUT2D eigenvalue weighted by atomic mass is 19.4. The predicted molar refractivity (Wildman–Crippen MR) is 89.6 cm³/mol. The molecule has 0 saturated carbocycles. The third-order valence-corrected chi connectivity index (χ3v) is 4.10. The van der Waals surface area contributed by atoms with Gasteiger partial charge >= 0.3 is 12.4 Å². The van der Waals surface area contributed by atoms with E-state index in [9.17, 15) is 26.3 Å². The van der Waals surface area contributed by atoms with Gasteiger partial charge in [-0.3, -0.25) is 0 Å². The van der Waals surface area contributed by atoms with Gasteiger partial charge in [-0.15, -0.1) is 10.2 Å². The summed E-state index contributed by atoms with van der Waals surface area (Å²) >= 11 is 0. The fraction of sp³-hybridized carbons (Fsp3) is 0.278. The second kappa shape index (κ2) is 7.82. The van der Waals surface area contributed by atoms with Gasteiger partial charge in [0.15, 0.2) is 6.10 Å². The van der Waals surface area contributed by atoms with E-state index in [1.54, 1.807) is 24.3 Å². The molecule has 5 nitrogen and oxygen atoms in total. The molecule has 0 bridgehead atoms. The number of aliphatic hydroxyl groups is 1. The zero-order chi connectivity index (χ0) is 21.2. The van der Waals surface area contributed by atoms with Gasteiger partial charge in [0.25, 0.3) is 0 Å². The summed E-state index contributed by atoms with van der Waals surface area (Å²) in [4.78, 5) is 0.641. The highest BCUT2D eigenvalue weighted by Crippen LogP contribution is 2.30. The molecule has 1 heterocycles. The molecule has 0 radical (unpaired) electrons. The Morgan fingerprint density at radius 2 is 1.59 bits per heavy atom. The van der Waals surface area contributed by atoms with E-state index in [4.69, 9.17) is 5.11 Å². The van der Waals surface area contributed by atoms with Gasteiger partial charge in [-0.1, -0.05) is 36.4 Å². The fourth-order valence-electron chi connectivity index (χ4n) is 2.61. The number of nitrogens with zero attached hydrogens (tertiary/aromatic N) is 4. The van der Waals surface area contributed by atoms with Crippen molar-refractivity contribution in [1.29, 1.82) is 0 Å². The fourth-order valence-corrected chi connectivity index (χ4v) is 2.61. The molecule has 0 aliphatic rings. The van der Waals surface area contributed by atoms with E-state index < -0.39 is 30.6 Å². The molecule has 0 fully saturated rings. The van der Waals surface area contributed by atoms with Gasteiger partial charge in [-0.05, 0) is 34.9 Å². The van der Waals surface area contributed by atoms with Crippen LogP contribution in [0.25, 0.3) is 11.4 Å². The molecule has 2 aromatic carbocycles. The average Bonchev–Trinajstić information content (AvgIpc) is 3.09. The van der Waals surface area contributed by atoms with E-state index in [2.05, 4.69) is 15.4 Å². The molecule has 3 rings (SSSR count). The van der Waals surface area contributed by atoms with Crippen LogP contribution >= 0.6 is 0 Å². The Morgan fingerprint density at radius 1 is 0.931 bits per heavy atom. The van der Waals surface area contributed by atoms with Crippen molar-refractivity contribution in [2.75, 3.05) is 0 Å². The first kappa shape index (κ1) is 20.8. The molecule has 1 unspecified atom stereocenters. The second-order valence-electron chi connectivity index (χ2n) is 6.25. The highest BCUT2D eigenvalue weighted by molar-refractivity contribution is 5.60. The first-order chi connectivity index (χ1) is 13.5. The van der Waals surface area contributed by atoms with Crippen LogP contribution in [-0.4, -0.2) is 37.6 Å². The lowest BCUT2D eigenvalue weighted by Gasteiger charge is -2.12. The molecule has 1 aromatic heterocycles. The van der Waals surface area contributed by atoms with Crippen LogP contribution in [0.1, 0.15) is 16.7 Å². The number of rotatable bonds is 5. The van der Waals surface area contributed by atoms with Gasteiger partial charge in [0, 0.05) is 5.56 Å². The quantitative estimate of drug-likeness (QED) is 0.642. The van der Waals surface area contributed by atoms with Crippen LogP contribution in [0.3, 0.4) is 0 Å². The molecular formula is C18H14F6N4O. The summed E-state index contributed by atoms with van der Waals surface area (Å²) in [7, 11) is 0. The third kappa shape index (κ3) is 5.11. The molecule has 1 atom stereocenters. The smallest absolute Gasteiger partial charge is 0.382 e. The highest BCUT2D eigenvalue weighted by Gasteiger charge is 2.39. The van der Waals surface area contributed by atoms with Crippen molar-refractivity contribution in [2.24, 2.45) is 0 Å². The van der Waals surface area contributed by atoms with Crippen molar-refractivity contribution >= 4 is 0 Å². The van der Waals surface area contributed by atoms with Crippen molar-refractivity contribution in [3.8, 4) is 11.4 Å². The molecule has 0 amide bonds. The van der Waals surface area contributed by atoms with E-state index >= 15 is 0 Å². The second-order valence-corrected chi connectivity index (χ2v) is 6.25. The van der Waals surface area contributed by atoms with Gasteiger partial charge in [0.1, 0.15) is 0 Å². The first-order valence-corrected chi connectivity index (χ1v) is 8.31. The molecule has 3 aromatic rings. The SMILES string of the molecule is OC(Cn1nnc(-c2ccccc2Cc2ccc(C(F)(F)F)cc2)n1)C(F)(F)F. The molecule has 0 spiro atoms. The molecule has 0 aliphatic heterocycles. The molecule has 11 heteroatoms. The number of aliphatic hydroxyl groups excluding tert-OH is 1. The van der Waals surface area contributed by atoms with Crippen molar-refractivity contribution < 1.29 is 31.4 Å². The molecule has 1 N–H and O–H groups in total. The Morgan fingerprint density at radius 3 is 2.21 bits per heavy atom. The third-order valence-electron chi connectivity index (χ3n) is 4.10. The number of hydrogen-bond acceptors (Lipinski definition) is 4. The molecule has 0 aliphatic carbocycles. The average molecular weight is 416 g/mol. The zero-order valence-corrected chi connectivity index (χ0v) is 14.6. The Labute approximate surface area is 160 Å². The lowest BCUT2D eigenvalue weighted by Crippen LogP contribution is -2.33. The van der Waals surface area contributed by atoms with Gasteiger partial charge in [0.05, 0.1) is 12.1 Å². The van der Waals surface area contributed by atoms with Crippen LogP contribution < -0.4 is 0 Å². The summed E-state index contributed by atoms with van der Waals surface area (Å²) < 4.78 is 75.4. The number of halogens is 6. The maximum absolute atomic E-state index is 12.7. The van der Waals surface area contributed by atoms with Gasteiger partial charge in [-0.25, -0.2) is 0 Å². The first-order valence-electron chi connectivity index (χ1n) is 8.31. The topological polar surface area (TPSA) is 63.8 Å². The van der Waals surface area contributed by atoms with Crippen LogP contribution in [0.4, 0.5) is 26.3 Å². The number of aromatic nitrogens is 4. The number of tetrazole rings is 1. The lowest BCUT2D eigenvalue weighted by atomic mass is 9.98.